The van der Waals surface area contributed by atoms with Gasteiger partial charge in [0.05, 0.1) is 11.0 Å². The molecular formula is C13H19N3O4S. The molecule has 0 aliphatic rings. The number of ether oxygens (including phenoxy) is 1. The van der Waals surface area contributed by atoms with Crippen LogP contribution in [0.15, 0.2) is 28.1 Å². The molecule has 1 rings (SSSR count). The highest BCUT2D eigenvalue weighted by atomic mass is 32.2. The summed E-state index contributed by atoms with van der Waals surface area (Å²) in [6, 6.07) is 4.11. The van der Waals surface area contributed by atoms with Gasteiger partial charge in [0.2, 0.25) is 9.84 Å². The molecule has 1 amide bonds. The van der Waals surface area contributed by atoms with E-state index in [0.29, 0.717) is 5.56 Å². The van der Waals surface area contributed by atoms with Crippen LogP contribution in [0.2, 0.25) is 0 Å². The fourth-order valence-electron chi connectivity index (χ4n) is 1.54. The third kappa shape index (κ3) is 4.83. The summed E-state index contributed by atoms with van der Waals surface area (Å²) in [7, 11) is -3.56. The number of rotatable bonds is 5. The van der Waals surface area contributed by atoms with Gasteiger partial charge in [-0.2, -0.15) is 4.99 Å². The fraction of sp³-hybridized carbons (Fsp3) is 0.385. The average molecular weight is 313 g/mol. The Bertz CT molecular complexity index is 662. The van der Waals surface area contributed by atoms with Crippen molar-refractivity contribution in [3.8, 4) is 0 Å². The molecule has 1 aromatic carbocycles. The summed E-state index contributed by atoms with van der Waals surface area (Å²) in [5, 5.41) is 0. The molecule has 0 fully saturated rings. The van der Waals surface area contributed by atoms with E-state index in [1.807, 2.05) is 0 Å². The Morgan fingerprint density at radius 2 is 1.95 bits per heavy atom. The average Bonchev–Trinajstić information content (AvgIpc) is 2.35. The zero-order chi connectivity index (χ0) is 16.2. The molecule has 0 radical (unpaired) electrons. The van der Waals surface area contributed by atoms with Crippen molar-refractivity contribution in [2.24, 2.45) is 16.5 Å². The van der Waals surface area contributed by atoms with Gasteiger partial charge in [0.25, 0.3) is 5.91 Å². The summed E-state index contributed by atoms with van der Waals surface area (Å²) in [5.41, 5.74) is 11.0. The number of hydrogen-bond acceptors (Lipinski definition) is 4. The lowest BCUT2D eigenvalue weighted by Gasteiger charge is -2.10. The fourth-order valence-corrected chi connectivity index (χ4v) is 2.76. The summed E-state index contributed by atoms with van der Waals surface area (Å²) in [6.45, 7) is 5.10. The Morgan fingerprint density at radius 3 is 2.43 bits per heavy atom. The van der Waals surface area contributed by atoms with Gasteiger partial charge < -0.3 is 16.2 Å². The van der Waals surface area contributed by atoms with Gasteiger partial charge in [-0.15, -0.1) is 0 Å². The molecule has 0 aliphatic carbocycles. The number of aryl methyl sites for hydroxylation is 1. The van der Waals surface area contributed by atoms with Crippen LogP contribution in [0.4, 0.5) is 0 Å². The van der Waals surface area contributed by atoms with Crippen molar-refractivity contribution < 1.29 is 17.9 Å². The first-order chi connectivity index (χ1) is 9.63. The van der Waals surface area contributed by atoms with Crippen LogP contribution >= 0.6 is 0 Å². The van der Waals surface area contributed by atoms with Crippen LogP contribution in [0, 0.1) is 6.92 Å². The van der Waals surface area contributed by atoms with Gasteiger partial charge in [-0.05, 0) is 44.5 Å². The van der Waals surface area contributed by atoms with E-state index in [-0.39, 0.29) is 22.5 Å². The first-order valence-electron chi connectivity index (χ1n) is 6.22. The minimum atomic E-state index is -3.56. The van der Waals surface area contributed by atoms with Crippen LogP contribution in [0.1, 0.15) is 29.8 Å². The van der Waals surface area contributed by atoms with Crippen molar-refractivity contribution in [1.29, 1.82) is 0 Å². The number of amides is 1. The van der Waals surface area contributed by atoms with Crippen molar-refractivity contribution >= 4 is 21.7 Å². The van der Waals surface area contributed by atoms with Crippen LogP contribution in [-0.2, 0) is 14.6 Å². The minimum Gasteiger partial charge on any atom is -0.370 e. The van der Waals surface area contributed by atoms with E-state index >= 15 is 0 Å². The predicted octanol–water partition coefficient (Wildman–Crippen LogP) is 0.565. The molecule has 4 N–H and O–H groups in total. The van der Waals surface area contributed by atoms with Gasteiger partial charge >= 0.3 is 0 Å². The van der Waals surface area contributed by atoms with E-state index in [2.05, 4.69) is 4.99 Å². The van der Waals surface area contributed by atoms with Crippen molar-refractivity contribution in [3.63, 3.8) is 0 Å². The zero-order valence-corrected chi connectivity index (χ0v) is 13.0. The number of nitrogens with zero attached hydrogens (tertiary/aromatic N) is 1. The zero-order valence-electron chi connectivity index (χ0n) is 12.2. The lowest BCUT2D eigenvalue weighted by atomic mass is 10.1. The summed E-state index contributed by atoms with van der Waals surface area (Å²) in [4.78, 5) is 15.2. The predicted molar refractivity (Wildman–Crippen MR) is 79.6 cm³/mol. The van der Waals surface area contributed by atoms with Gasteiger partial charge in [-0.1, -0.05) is 0 Å². The summed E-state index contributed by atoms with van der Waals surface area (Å²) in [6.07, 6.45) is -0.191. The highest BCUT2D eigenvalue weighted by Gasteiger charge is 2.18. The van der Waals surface area contributed by atoms with E-state index in [1.54, 1.807) is 20.8 Å². The molecule has 1 aromatic rings. The number of carbonyl (C=O) groups is 1. The highest BCUT2D eigenvalue weighted by Crippen LogP contribution is 2.18. The van der Waals surface area contributed by atoms with Crippen LogP contribution in [-0.4, -0.2) is 32.3 Å². The number of nitrogens with two attached hydrogens (primary N) is 2. The third-order valence-electron chi connectivity index (χ3n) is 2.57. The molecule has 0 saturated heterocycles. The van der Waals surface area contributed by atoms with E-state index in [4.69, 9.17) is 16.2 Å². The lowest BCUT2D eigenvalue weighted by molar-refractivity contribution is 0.100. The molecular weight excluding hydrogens is 294 g/mol. The molecule has 8 heteroatoms. The highest BCUT2D eigenvalue weighted by molar-refractivity contribution is 7.91. The number of hydrogen-bond donors (Lipinski definition) is 2. The van der Waals surface area contributed by atoms with Crippen molar-refractivity contribution in [2.75, 3.05) is 5.94 Å². The smallest absolute Gasteiger partial charge is 0.280 e. The van der Waals surface area contributed by atoms with Crippen LogP contribution in [0.5, 0.6) is 0 Å². The van der Waals surface area contributed by atoms with Crippen molar-refractivity contribution in [2.45, 2.75) is 31.8 Å². The first kappa shape index (κ1) is 17.1. The van der Waals surface area contributed by atoms with Crippen LogP contribution in [0.3, 0.4) is 0 Å². The molecule has 0 bridgehead atoms. The molecule has 21 heavy (non-hydrogen) atoms. The number of guanidine groups is 1. The molecule has 0 atom stereocenters. The van der Waals surface area contributed by atoms with Gasteiger partial charge in [0.1, 0.15) is 0 Å². The number of sulfone groups is 1. The Hall–Kier alpha value is -1.93. The molecule has 0 unspecified atom stereocenters. The Balaban J connectivity index is 3.08. The van der Waals surface area contributed by atoms with Crippen LogP contribution in [0.25, 0.3) is 0 Å². The molecule has 116 valence electrons. The quantitative estimate of drug-likeness (QED) is 0.604. The summed E-state index contributed by atoms with van der Waals surface area (Å²) >= 11 is 0. The molecule has 0 aromatic heterocycles. The van der Waals surface area contributed by atoms with Crippen molar-refractivity contribution in [1.82, 2.24) is 0 Å². The third-order valence-corrected chi connectivity index (χ3v) is 3.99. The Kier molecular flexibility index (Phi) is 5.45. The maximum atomic E-state index is 12.1. The Labute approximate surface area is 123 Å². The second-order valence-corrected chi connectivity index (χ2v) is 6.70. The minimum absolute atomic E-state index is 0.0851. The standard InChI is InChI=1S/C13H19N3O4S/c1-8(2)20-7-21(18,19)10-4-5-11(9(3)6-10)12(17)16-13(14)15/h4-6,8H,7H2,1-3H3,(H4,14,15,16,17). The van der Waals surface area contributed by atoms with Crippen LogP contribution < -0.4 is 11.5 Å². The van der Waals surface area contributed by atoms with E-state index < -0.39 is 21.7 Å². The van der Waals surface area contributed by atoms with Crippen molar-refractivity contribution in [3.05, 3.63) is 29.3 Å². The second-order valence-electron chi connectivity index (χ2n) is 4.77. The van der Waals surface area contributed by atoms with Gasteiger partial charge in [-0.25, -0.2) is 8.42 Å². The summed E-state index contributed by atoms with van der Waals surface area (Å²) in [5.74, 6) is -1.37. The SMILES string of the molecule is Cc1cc(S(=O)(=O)COC(C)C)ccc1C(=O)N=C(N)N. The molecule has 0 aliphatic heterocycles. The normalized spacial score (nSPS) is 11.4. The van der Waals surface area contributed by atoms with Gasteiger partial charge in [-0.3, -0.25) is 4.79 Å². The Morgan fingerprint density at radius 1 is 1.33 bits per heavy atom. The first-order valence-corrected chi connectivity index (χ1v) is 7.87. The van der Waals surface area contributed by atoms with E-state index in [9.17, 15) is 13.2 Å². The maximum Gasteiger partial charge on any atom is 0.280 e. The monoisotopic (exact) mass is 313 g/mol. The molecule has 0 heterocycles. The van der Waals surface area contributed by atoms with Gasteiger partial charge in [0, 0.05) is 5.56 Å². The molecule has 7 nitrogen and oxygen atoms in total. The van der Waals surface area contributed by atoms with E-state index in [1.165, 1.54) is 18.2 Å². The topological polar surface area (TPSA) is 125 Å². The summed E-state index contributed by atoms with van der Waals surface area (Å²) < 4.78 is 29.3. The number of carbonyl (C=O) groups excluding carboxylic acids is 1. The molecule has 0 saturated carbocycles. The lowest BCUT2D eigenvalue weighted by Crippen LogP contribution is -2.24. The second kappa shape index (κ2) is 6.68. The van der Waals surface area contributed by atoms with Gasteiger partial charge in [0.15, 0.2) is 11.9 Å². The number of benzene rings is 1. The number of aliphatic imine (C=N–C) groups is 1. The van der Waals surface area contributed by atoms with E-state index in [0.717, 1.165) is 0 Å². The maximum absolute atomic E-state index is 12.1. The molecule has 0 spiro atoms. The largest absolute Gasteiger partial charge is 0.370 e.